The summed E-state index contributed by atoms with van der Waals surface area (Å²) < 4.78 is 6.66. The lowest BCUT2D eigenvalue weighted by Crippen LogP contribution is -2.31. The van der Waals surface area contributed by atoms with Crippen molar-refractivity contribution in [3.63, 3.8) is 0 Å². The summed E-state index contributed by atoms with van der Waals surface area (Å²) in [5.74, 6) is -1.33. The van der Waals surface area contributed by atoms with Gasteiger partial charge < -0.3 is 25.0 Å². The summed E-state index contributed by atoms with van der Waals surface area (Å²) in [7, 11) is 1.25. The minimum atomic E-state index is -1.02. The van der Waals surface area contributed by atoms with Crippen molar-refractivity contribution in [2.75, 3.05) is 13.7 Å². The van der Waals surface area contributed by atoms with E-state index in [1.54, 1.807) is 12.1 Å². The third-order valence-corrected chi connectivity index (χ3v) is 5.43. The molecule has 0 aliphatic heterocycles. The number of nitrogens with one attached hydrogen (secondary N) is 2. The van der Waals surface area contributed by atoms with E-state index in [4.69, 9.17) is 10.1 Å². The quantitative estimate of drug-likeness (QED) is 0.439. The summed E-state index contributed by atoms with van der Waals surface area (Å²) in [6.45, 7) is 3.86. The van der Waals surface area contributed by atoms with Gasteiger partial charge in [-0.3, -0.25) is 19.2 Å². The van der Waals surface area contributed by atoms with Gasteiger partial charge in [0.25, 0.3) is 5.91 Å². The van der Waals surface area contributed by atoms with Crippen LogP contribution < -0.4 is 10.6 Å². The molecule has 0 radical (unpaired) electrons. The molecule has 1 saturated carbocycles. The molecule has 2 aromatic rings. The predicted molar refractivity (Wildman–Crippen MR) is 120 cm³/mol. The largest absolute Gasteiger partial charge is 0.481 e. The van der Waals surface area contributed by atoms with Crippen LogP contribution in [-0.4, -0.2) is 52.1 Å². The van der Waals surface area contributed by atoms with Gasteiger partial charge in [-0.25, -0.2) is 4.98 Å². The number of methoxy groups -OCH3 is 1. The number of aromatic nitrogens is 2. The van der Waals surface area contributed by atoms with Gasteiger partial charge >= 0.3 is 11.9 Å². The molecule has 1 atom stereocenters. The van der Waals surface area contributed by atoms with Crippen LogP contribution in [0, 0.1) is 5.92 Å². The molecular weight excluding hydrogens is 428 g/mol. The first-order chi connectivity index (χ1) is 15.7. The number of nitrogens with zero attached hydrogens (tertiary/aromatic N) is 2. The monoisotopic (exact) mass is 458 g/mol. The van der Waals surface area contributed by atoms with Crippen molar-refractivity contribution in [3.8, 4) is 0 Å². The number of rotatable bonds is 11. The summed E-state index contributed by atoms with van der Waals surface area (Å²) in [5, 5.41) is 14.4. The molecule has 1 heterocycles. The fraction of sp³-hybridized carbons (Fsp3) is 0.522. The number of imidazole rings is 1. The van der Waals surface area contributed by atoms with E-state index >= 15 is 0 Å². The van der Waals surface area contributed by atoms with E-state index in [-0.39, 0.29) is 43.3 Å². The Labute approximate surface area is 191 Å². The van der Waals surface area contributed by atoms with Gasteiger partial charge in [0.1, 0.15) is 12.4 Å². The van der Waals surface area contributed by atoms with Gasteiger partial charge in [-0.2, -0.15) is 0 Å². The highest BCUT2D eigenvalue weighted by Gasteiger charge is 2.32. The van der Waals surface area contributed by atoms with Gasteiger partial charge in [-0.1, -0.05) is 13.8 Å². The average Bonchev–Trinajstić information content (AvgIpc) is 3.54. The van der Waals surface area contributed by atoms with Gasteiger partial charge in [0.15, 0.2) is 0 Å². The number of benzene rings is 1. The maximum atomic E-state index is 12.4. The van der Waals surface area contributed by atoms with Crippen LogP contribution in [-0.2, 0) is 19.1 Å². The maximum Gasteiger partial charge on any atom is 0.325 e. The van der Waals surface area contributed by atoms with Crippen molar-refractivity contribution >= 4 is 34.8 Å². The summed E-state index contributed by atoms with van der Waals surface area (Å²) in [5.41, 5.74) is 1.85. The summed E-state index contributed by atoms with van der Waals surface area (Å²) in [6.07, 6.45) is 2.31. The van der Waals surface area contributed by atoms with Crippen molar-refractivity contribution in [2.24, 2.45) is 5.92 Å². The Bertz CT molecular complexity index is 1060. The van der Waals surface area contributed by atoms with Gasteiger partial charge in [0, 0.05) is 18.0 Å². The molecule has 1 fully saturated rings. The first kappa shape index (κ1) is 24.2. The molecule has 33 heavy (non-hydrogen) atoms. The van der Waals surface area contributed by atoms with E-state index < -0.39 is 17.8 Å². The second-order valence-electron chi connectivity index (χ2n) is 8.68. The van der Waals surface area contributed by atoms with Crippen molar-refractivity contribution in [3.05, 3.63) is 29.6 Å². The van der Waals surface area contributed by atoms with Crippen molar-refractivity contribution in [2.45, 2.75) is 58.0 Å². The molecule has 3 N–H and O–H groups in total. The molecule has 0 spiro atoms. The second kappa shape index (κ2) is 10.5. The number of hydrogen-bond donors (Lipinski definition) is 3. The molecule has 1 aliphatic rings. The van der Waals surface area contributed by atoms with Crippen molar-refractivity contribution in [1.82, 2.24) is 20.2 Å². The molecule has 1 aliphatic carbocycles. The average molecular weight is 459 g/mol. The highest BCUT2D eigenvalue weighted by atomic mass is 16.5. The predicted octanol–water partition coefficient (Wildman–Crippen LogP) is 2.34. The minimum absolute atomic E-state index is 0.0991. The first-order valence-corrected chi connectivity index (χ1v) is 11.1. The molecule has 1 aromatic carbocycles. The normalized spacial score (nSPS) is 14.2. The van der Waals surface area contributed by atoms with Gasteiger partial charge in [0.2, 0.25) is 5.91 Å². The zero-order valence-electron chi connectivity index (χ0n) is 19.1. The summed E-state index contributed by atoms with van der Waals surface area (Å²) in [6, 6.07) is 5.08. The van der Waals surface area contributed by atoms with Crippen molar-refractivity contribution < 1.29 is 29.0 Å². The Kier molecular flexibility index (Phi) is 7.67. The van der Waals surface area contributed by atoms with Gasteiger partial charge in [-0.15, -0.1) is 0 Å². The number of carboxylic acids is 1. The van der Waals surface area contributed by atoms with Crippen LogP contribution in [0.4, 0.5) is 0 Å². The third-order valence-electron chi connectivity index (χ3n) is 5.43. The van der Waals surface area contributed by atoms with Crippen LogP contribution in [0.5, 0.6) is 0 Å². The van der Waals surface area contributed by atoms with Crippen molar-refractivity contribution in [1.29, 1.82) is 0 Å². The maximum absolute atomic E-state index is 12.4. The smallest absolute Gasteiger partial charge is 0.325 e. The number of ether oxygens (including phenoxy) is 1. The zero-order valence-corrected chi connectivity index (χ0v) is 19.1. The molecule has 1 aromatic heterocycles. The lowest BCUT2D eigenvalue weighted by Gasteiger charge is -2.21. The Morgan fingerprint density at radius 1 is 1.21 bits per heavy atom. The lowest BCUT2D eigenvalue weighted by atomic mass is 10.0. The lowest BCUT2D eigenvalue weighted by molar-refractivity contribution is -0.139. The highest BCUT2D eigenvalue weighted by Crippen LogP contribution is 2.41. The fourth-order valence-electron chi connectivity index (χ4n) is 3.73. The van der Waals surface area contributed by atoms with Crippen LogP contribution in [0.2, 0.25) is 0 Å². The molecule has 3 rings (SSSR count). The summed E-state index contributed by atoms with van der Waals surface area (Å²) in [4.78, 5) is 51.8. The number of carboxylic acid groups (broad SMARTS) is 1. The number of amides is 2. The number of hydrogen-bond acceptors (Lipinski definition) is 6. The molecule has 10 heteroatoms. The number of carbonyl (C=O) groups excluding carboxylic acids is 3. The van der Waals surface area contributed by atoms with Crippen LogP contribution in [0.3, 0.4) is 0 Å². The molecule has 2 amide bonds. The SMILES string of the molecule is COC(=O)CNC(=O)c1ccc2c(c1)nc(C(CC(C)C)NC(=O)CCC(=O)O)n2C1CC1. The van der Waals surface area contributed by atoms with Crippen LogP contribution in [0.15, 0.2) is 18.2 Å². The topological polar surface area (TPSA) is 140 Å². The molecule has 1 unspecified atom stereocenters. The number of fused-ring (bicyclic) bond motifs is 1. The molecule has 0 saturated heterocycles. The number of esters is 1. The summed E-state index contributed by atoms with van der Waals surface area (Å²) >= 11 is 0. The van der Waals surface area contributed by atoms with E-state index in [0.29, 0.717) is 23.3 Å². The Balaban J connectivity index is 1.91. The van der Waals surface area contributed by atoms with Gasteiger partial charge in [0.05, 0.1) is 30.6 Å². The number of aliphatic carboxylic acids is 1. The zero-order chi connectivity index (χ0) is 24.1. The number of carbonyl (C=O) groups is 4. The van der Waals surface area contributed by atoms with Crippen LogP contribution in [0.25, 0.3) is 11.0 Å². The van der Waals surface area contributed by atoms with Crippen LogP contribution >= 0.6 is 0 Å². The minimum Gasteiger partial charge on any atom is -0.481 e. The Morgan fingerprint density at radius 3 is 2.55 bits per heavy atom. The van der Waals surface area contributed by atoms with Gasteiger partial charge in [-0.05, 0) is 43.4 Å². The molecular formula is C23H30N4O6. The van der Waals surface area contributed by atoms with E-state index in [9.17, 15) is 19.2 Å². The van der Waals surface area contributed by atoms with E-state index in [2.05, 4.69) is 19.9 Å². The third kappa shape index (κ3) is 6.30. The molecule has 10 nitrogen and oxygen atoms in total. The Morgan fingerprint density at radius 2 is 1.94 bits per heavy atom. The fourth-order valence-corrected chi connectivity index (χ4v) is 3.73. The standard InChI is InChI=1S/C23H30N4O6/c1-13(2)10-17(25-19(28)8-9-20(29)30)22-26-16-11-14(23(32)24-12-21(31)33-3)4-7-18(16)27(22)15-5-6-15/h4,7,11,13,15,17H,5-6,8-10,12H2,1-3H3,(H,24,32)(H,25,28)(H,29,30). The van der Waals surface area contributed by atoms with Crippen LogP contribution in [0.1, 0.15) is 74.2 Å². The van der Waals surface area contributed by atoms with E-state index in [1.165, 1.54) is 7.11 Å². The highest BCUT2D eigenvalue weighted by molar-refractivity contribution is 5.98. The Hall–Kier alpha value is -3.43. The first-order valence-electron chi connectivity index (χ1n) is 11.1. The van der Waals surface area contributed by atoms with E-state index in [0.717, 1.165) is 18.4 Å². The molecule has 178 valence electrons. The second-order valence-corrected chi connectivity index (χ2v) is 8.68. The molecule has 0 bridgehead atoms. The van der Waals surface area contributed by atoms with E-state index in [1.807, 2.05) is 19.9 Å².